The summed E-state index contributed by atoms with van der Waals surface area (Å²) >= 11 is 0. The van der Waals surface area contributed by atoms with E-state index >= 15 is 0 Å². The quantitative estimate of drug-likeness (QED) is 0.906. The Balaban J connectivity index is 2.43. The second-order valence-corrected chi connectivity index (χ2v) is 4.69. The zero-order chi connectivity index (χ0) is 14.5. The van der Waals surface area contributed by atoms with E-state index in [9.17, 15) is 0 Å². The maximum atomic E-state index is 6.41. The molecule has 106 valence electrons. The van der Waals surface area contributed by atoms with Crippen LogP contribution >= 0.6 is 0 Å². The van der Waals surface area contributed by atoms with Gasteiger partial charge in [-0.25, -0.2) is 0 Å². The predicted octanol–water partition coefficient (Wildman–Crippen LogP) is 3.45. The Hall–Kier alpha value is -2.00. The smallest absolute Gasteiger partial charge is 0.124 e. The lowest BCUT2D eigenvalue weighted by Gasteiger charge is -2.19. The number of ether oxygens (including phenoxy) is 2. The number of benzene rings is 2. The van der Waals surface area contributed by atoms with Gasteiger partial charge in [0.2, 0.25) is 0 Å². The Morgan fingerprint density at radius 2 is 1.75 bits per heavy atom. The van der Waals surface area contributed by atoms with Crippen LogP contribution in [0.1, 0.15) is 29.7 Å². The Kier molecular flexibility index (Phi) is 4.64. The first-order valence-corrected chi connectivity index (χ1v) is 6.79. The van der Waals surface area contributed by atoms with Crippen LogP contribution in [0.4, 0.5) is 0 Å². The molecule has 0 aliphatic carbocycles. The van der Waals surface area contributed by atoms with Crippen LogP contribution < -0.4 is 15.2 Å². The van der Waals surface area contributed by atoms with E-state index in [0.717, 1.165) is 28.2 Å². The van der Waals surface area contributed by atoms with Crippen LogP contribution in [0.25, 0.3) is 0 Å². The molecular formula is C17H21NO2. The van der Waals surface area contributed by atoms with Crippen LogP contribution in [-0.4, -0.2) is 13.7 Å². The summed E-state index contributed by atoms with van der Waals surface area (Å²) in [6.07, 6.45) is 0. The Morgan fingerprint density at radius 3 is 2.45 bits per heavy atom. The van der Waals surface area contributed by atoms with Gasteiger partial charge in [-0.2, -0.15) is 0 Å². The average molecular weight is 271 g/mol. The normalized spacial score (nSPS) is 12.0. The number of para-hydroxylation sites is 1. The van der Waals surface area contributed by atoms with E-state index in [-0.39, 0.29) is 6.04 Å². The van der Waals surface area contributed by atoms with E-state index in [1.165, 1.54) is 0 Å². The van der Waals surface area contributed by atoms with Gasteiger partial charge in [0.1, 0.15) is 11.5 Å². The molecule has 2 aromatic rings. The van der Waals surface area contributed by atoms with Gasteiger partial charge >= 0.3 is 0 Å². The molecule has 2 aromatic carbocycles. The number of rotatable bonds is 5. The number of methoxy groups -OCH3 is 1. The molecule has 2 N–H and O–H groups in total. The maximum absolute atomic E-state index is 6.41. The molecule has 0 heterocycles. The predicted molar refractivity (Wildman–Crippen MR) is 81.4 cm³/mol. The van der Waals surface area contributed by atoms with E-state index in [0.29, 0.717) is 6.61 Å². The van der Waals surface area contributed by atoms with E-state index < -0.39 is 0 Å². The molecule has 0 saturated carbocycles. The molecule has 3 nitrogen and oxygen atoms in total. The topological polar surface area (TPSA) is 44.5 Å². The van der Waals surface area contributed by atoms with Gasteiger partial charge in [0.25, 0.3) is 0 Å². The summed E-state index contributed by atoms with van der Waals surface area (Å²) < 4.78 is 11.1. The fraction of sp³-hybridized carbons (Fsp3) is 0.294. The summed E-state index contributed by atoms with van der Waals surface area (Å²) in [7, 11) is 1.67. The van der Waals surface area contributed by atoms with Gasteiger partial charge in [-0.1, -0.05) is 30.3 Å². The molecule has 0 aliphatic rings. The van der Waals surface area contributed by atoms with Crippen molar-refractivity contribution in [3.63, 3.8) is 0 Å². The number of aryl methyl sites for hydroxylation is 1. The van der Waals surface area contributed by atoms with Crippen molar-refractivity contribution in [2.75, 3.05) is 13.7 Å². The summed E-state index contributed by atoms with van der Waals surface area (Å²) in [5.41, 5.74) is 9.50. The van der Waals surface area contributed by atoms with Crippen molar-refractivity contribution < 1.29 is 9.47 Å². The second kappa shape index (κ2) is 6.44. The van der Waals surface area contributed by atoms with Crippen LogP contribution in [0.5, 0.6) is 11.5 Å². The molecule has 0 radical (unpaired) electrons. The minimum Gasteiger partial charge on any atom is -0.496 e. The molecule has 0 spiro atoms. The fourth-order valence-electron chi connectivity index (χ4n) is 2.27. The fourth-order valence-corrected chi connectivity index (χ4v) is 2.27. The monoisotopic (exact) mass is 271 g/mol. The molecule has 3 heteroatoms. The van der Waals surface area contributed by atoms with E-state index in [4.69, 9.17) is 15.2 Å². The third kappa shape index (κ3) is 2.94. The highest BCUT2D eigenvalue weighted by molar-refractivity contribution is 5.47. The van der Waals surface area contributed by atoms with Gasteiger partial charge < -0.3 is 15.2 Å². The minimum atomic E-state index is -0.270. The van der Waals surface area contributed by atoms with Gasteiger partial charge in [-0.15, -0.1) is 0 Å². The van der Waals surface area contributed by atoms with E-state index in [2.05, 4.69) is 0 Å². The molecule has 0 fully saturated rings. The Labute approximate surface area is 120 Å². The van der Waals surface area contributed by atoms with Crippen LogP contribution in [-0.2, 0) is 0 Å². The number of hydrogen-bond donors (Lipinski definition) is 1. The van der Waals surface area contributed by atoms with Crippen molar-refractivity contribution in [1.82, 2.24) is 0 Å². The third-order valence-electron chi connectivity index (χ3n) is 3.28. The lowest BCUT2D eigenvalue weighted by atomic mass is 9.97. The van der Waals surface area contributed by atoms with Crippen molar-refractivity contribution in [3.05, 3.63) is 59.2 Å². The molecule has 0 amide bonds. The molecule has 1 unspecified atom stereocenters. The van der Waals surface area contributed by atoms with Crippen molar-refractivity contribution >= 4 is 0 Å². The van der Waals surface area contributed by atoms with Crippen LogP contribution in [0.2, 0.25) is 0 Å². The summed E-state index contributed by atoms with van der Waals surface area (Å²) in [5.74, 6) is 1.63. The van der Waals surface area contributed by atoms with Crippen LogP contribution in [0.3, 0.4) is 0 Å². The molecule has 0 bridgehead atoms. The standard InChI is InChI=1S/C17H21NO2/c1-4-20-15-8-6-5-7-13(15)17(18)14-10-9-12(2)11-16(14)19-3/h5-11,17H,4,18H2,1-3H3. The van der Waals surface area contributed by atoms with Crippen molar-refractivity contribution in [2.45, 2.75) is 19.9 Å². The van der Waals surface area contributed by atoms with Gasteiger partial charge in [-0.05, 0) is 31.5 Å². The van der Waals surface area contributed by atoms with E-state index in [1.807, 2.05) is 56.3 Å². The molecule has 2 rings (SSSR count). The van der Waals surface area contributed by atoms with Crippen LogP contribution in [0.15, 0.2) is 42.5 Å². The zero-order valence-electron chi connectivity index (χ0n) is 12.2. The molecule has 20 heavy (non-hydrogen) atoms. The van der Waals surface area contributed by atoms with Crippen molar-refractivity contribution in [1.29, 1.82) is 0 Å². The Morgan fingerprint density at radius 1 is 1.05 bits per heavy atom. The highest BCUT2D eigenvalue weighted by atomic mass is 16.5. The first-order chi connectivity index (χ1) is 9.67. The molecular weight excluding hydrogens is 250 g/mol. The lowest BCUT2D eigenvalue weighted by molar-refractivity contribution is 0.335. The first-order valence-electron chi connectivity index (χ1n) is 6.79. The summed E-state index contributed by atoms with van der Waals surface area (Å²) in [5, 5.41) is 0. The third-order valence-corrected chi connectivity index (χ3v) is 3.28. The highest BCUT2D eigenvalue weighted by Crippen LogP contribution is 2.33. The van der Waals surface area contributed by atoms with Crippen molar-refractivity contribution in [2.24, 2.45) is 5.73 Å². The van der Waals surface area contributed by atoms with Crippen molar-refractivity contribution in [3.8, 4) is 11.5 Å². The number of nitrogens with two attached hydrogens (primary N) is 1. The summed E-state index contributed by atoms with van der Waals surface area (Å²) in [6.45, 7) is 4.62. The molecule has 0 aromatic heterocycles. The largest absolute Gasteiger partial charge is 0.496 e. The van der Waals surface area contributed by atoms with Crippen LogP contribution in [0, 0.1) is 6.92 Å². The lowest BCUT2D eigenvalue weighted by Crippen LogP contribution is -2.14. The first kappa shape index (κ1) is 14.4. The van der Waals surface area contributed by atoms with E-state index in [1.54, 1.807) is 7.11 Å². The highest BCUT2D eigenvalue weighted by Gasteiger charge is 2.17. The van der Waals surface area contributed by atoms with Gasteiger partial charge in [-0.3, -0.25) is 0 Å². The summed E-state index contributed by atoms with van der Waals surface area (Å²) in [6, 6.07) is 13.6. The van der Waals surface area contributed by atoms with Gasteiger partial charge in [0.05, 0.1) is 19.8 Å². The average Bonchev–Trinajstić information content (AvgIpc) is 2.47. The second-order valence-electron chi connectivity index (χ2n) is 4.69. The van der Waals surface area contributed by atoms with Gasteiger partial charge in [0, 0.05) is 11.1 Å². The number of hydrogen-bond acceptors (Lipinski definition) is 3. The molecule has 1 atom stereocenters. The van der Waals surface area contributed by atoms with Gasteiger partial charge in [0.15, 0.2) is 0 Å². The minimum absolute atomic E-state index is 0.270. The SMILES string of the molecule is CCOc1ccccc1C(N)c1ccc(C)cc1OC. The summed E-state index contributed by atoms with van der Waals surface area (Å²) in [4.78, 5) is 0. The maximum Gasteiger partial charge on any atom is 0.124 e. The molecule has 0 saturated heterocycles. The Bertz CT molecular complexity index is 581. The zero-order valence-corrected chi connectivity index (χ0v) is 12.2. The molecule has 0 aliphatic heterocycles.